The summed E-state index contributed by atoms with van der Waals surface area (Å²) in [5.74, 6) is 0. The molecule has 3 nitrogen and oxygen atoms in total. The van der Waals surface area contributed by atoms with Crippen molar-refractivity contribution in [2.45, 2.75) is 4.90 Å². The fourth-order valence-electron chi connectivity index (χ4n) is 0.678. The van der Waals surface area contributed by atoms with Crippen molar-refractivity contribution in [1.29, 1.82) is 0 Å². The van der Waals surface area contributed by atoms with E-state index in [0.29, 0.717) is 5.69 Å². The van der Waals surface area contributed by atoms with Crippen LogP contribution in [0.25, 0.3) is 0 Å². The highest BCUT2D eigenvalue weighted by molar-refractivity contribution is 9.10. The molecular weight excluding hydrogens is 230 g/mol. The van der Waals surface area contributed by atoms with Gasteiger partial charge in [-0.25, -0.2) is 4.21 Å². The summed E-state index contributed by atoms with van der Waals surface area (Å²) in [4.78, 5) is 0.244. The molecule has 0 saturated heterocycles. The molecule has 0 spiro atoms. The molecule has 0 aromatic heterocycles. The van der Waals surface area contributed by atoms with Crippen molar-refractivity contribution in [2.75, 3.05) is 5.73 Å². The molecule has 5 heteroatoms. The van der Waals surface area contributed by atoms with Gasteiger partial charge in [0.25, 0.3) is 0 Å². The van der Waals surface area contributed by atoms with E-state index in [4.69, 9.17) is 10.3 Å². The third-order valence-corrected chi connectivity index (χ3v) is 2.40. The molecule has 1 aromatic carbocycles. The van der Waals surface area contributed by atoms with Gasteiger partial charge in [-0.1, -0.05) is 15.9 Å². The molecule has 0 bridgehead atoms. The minimum atomic E-state index is -1.99. The molecule has 11 heavy (non-hydrogen) atoms. The molecule has 0 fully saturated rings. The number of halogens is 1. The SMILES string of the molecule is Nc1cc(Br)ccc1S(=O)O. The van der Waals surface area contributed by atoms with E-state index in [9.17, 15) is 4.21 Å². The average Bonchev–Trinajstić information content (AvgIpc) is 1.85. The lowest BCUT2D eigenvalue weighted by molar-refractivity contribution is 0.565. The quantitative estimate of drug-likeness (QED) is 0.575. The average molecular weight is 236 g/mol. The summed E-state index contributed by atoms with van der Waals surface area (Å²) < 4.78 is 20.0. The summed E-state index contributed by atoms with van der Waals surface area (Å²) in [5, 5.41) is 0. The van der Waals surface area contributed by atoms with Gasteiger partial charge in [0, 0.05) is 4.47 Å². The van der Waals surface area contributed by atoms with E-state index in [1.54, 1.807) is 12.1 Å². The van der Waals surface area contributed by atoms with Crippen LogP contribution >= 0.6 is 15.9 Å². The zero-order chi connectivity index (χ0) is 8.43. The summed E-state index contributed by atoms with van der Waals surface area (Å²) in [6.45, 7) is 0. The smallest absolute Gasteiger partial charge is 0.188 e. The third-order valence-electron chi connectivity index (χ3n) is 1.16. The zero-order valence-electron chi connectivity index (χ0n) is 5.45. The van der Waals surface area contributed by atoms with Gasteiger partial charge in [-0.05, 0) is 18.2 Å². The largest absolute Gasteiger partial charge is 0.398 e. The minimum absolute atomic E-state index is 0.244. The van der Waals surface area contributed by atoms with E-state index >= 15 is 0 Å². The number of benzene rings is 1. The van der Waals surface area contributed by atoms with Crippen molar-refractivity contribution < 1.29 is 8.76 Å². The Kier molecular flexibility index (Phi) is 2.64. The molecule has 0 aliphatic carbocycles. The molecule has 0 saturated carbocycles. The third kappa shape index (κ3) is 2.02. The fraction of sp³-hybridized carbons (Fsp3) is 0. The van der Waals surface area contributed by atoms with Gasteiger partial charge in [-0.15, -0.1) is 0 Å². The maximum Gasteiger partial charge on any atom is 0.188 e. The number of hydrogen-bond acceptors (Lipinski definition) is 2. The Labute approximate surface area is 75.0 Å². The van der Waals surface area contributed by atoms with Crippen LogP contribution in [-0.2, 0) is 11.1 Å². The number of rotatable bonds is 1. The van der Waals surface area contributed by atoms with Crippen molar-refractivity contribution in [3.05, 3.63) is 22.7 Å². The lowest BCUT2D eigenvalue weighted by Gasteiger charge is -1.99. The molecule has 1 unspecified atom stereocenters. The predicted octanol–water partition coefficient (Wildman–Crippen LogP) is 1.61. The van der Waals surface area contributed by atoms with Crippen LogP contribution in [0, 0.1) is 0 Å². The lowest BCUT2D eigenvalue weighted by Crippen LogP contribution is -1.95. The highest BCUT2D eigenvalue weighted by Crippen LogP contribution is 2.20. The number of nitrogen functional groups attached to an aromatic ring is 1. The maximum atomic E-state index is 10.5. The normalized spacial score (nSPS) is 12.9. The van der Waals surface area contributed by atoms with Gasteiger partial charge < -0.3 is 10.3 Å². The van der Waals surface area contributed by atoms with Gasteiger partial charge >= 0.3 is 0 Å². The van der Waals surface area contributed by atoms with Gasteiger partial charge in [0.05, 0.1) is 10.6 Å². The zero-order valence-corrected chi connectivity index (χ0v) is 7.85. The first-order valence-electron chi connectivity index (χ1n) is 2.77. The lowest BCUT2D eigenvalue weighted by atomic mass is 10.3. The second-order valence-electron chi connectivity index (χ2n) is 1.93. The molecule has 0 radical (unpaired) electrons. The van der Waals surface area contributed by atoms with Gasteiger partial charge in [-0.3, -0.25) is 0 Å². The van der Waals surface area contributed by atoms with Crippen LogP contribution in [-0.4, -0.2) is 8.76 Å². The Morgan fingerprint density at radius 2 is 2.18 bits per heavy atom. The molecule has 3 N–H and O–H groups in total. The van der Waals surface area contributed by atoms with Crippen LogP contribution in [0.5, 0.6) is 0 Å². The van der Waals surface area contributed by atoms with E-state index in [1.165, 1.54) is 6.07 Å². The predicted molar refractivity (Wildman–Crippen MR) is 47.6 cm³/mol. The Morgan fingerprint density at radius 1 is 1.55 bits per heavy atom. The second kappa shape index (κ2) is 3.34. The van der Waals surface area contributed by atoms with E-state index in [0.717, 1.165) is 4.47 Å². The minimum Gasteiger partial charge on any atom is -0.398 e. The molecule has 0 aliphatic rings. The second-order valence-corrected chi connectivity index (χ2v) is 3.79. The Morgan fingerprint density at radius 3 is 2.64 bits per heavy atom. The molecular formula is C6H6BrNO2S. The summed E-state index contributed by atoms with van der Waals surface area (Å²) >= 11 is 1.19. The molecule has 1 atom stereocenters. The van der Waals surface area contributed by atoms with E-state index in [1.807, 2.05) is 0 Å². The summed E-state index contributed by atoms with van der Waals surface area (Å²) in [5.41, 5.74) is 5.76. The van der Waals surface area contributed by atoms with Crippen molar-refractivity contribution >= 4 is 32.7 Å². The van der Waals surface area contributed by atoms with E-state index in [2.05, 4.69) is 15.9 Å². The van der Waals surface area contributed by atoms with Crippen LogP contribution in [0.3, 0.4) is 0 Å². The fourth-order valence-corrected chi connectivity index (χ4v) is 1.50. The first-order chi connectivity index (χ1) is 5.11. The van der Waals surface area contributed by atoms with Crippen LogP contribution in [0.2, 0.25) is 0 Å². The number of anilines is 1. The molecule has 0 aliphatic heterocycles. The van der Waals surface area contributed by atoms with E-state index < -0.39 is 11.1 Å². The summed E-state index contributed by atoms with van der Waals surface area (Å²) in [7, 11) is 0. The Bertz CT molecular complexity index is 303. The van der Waals surface area contributed by atoms with Gasteiger partial charge in [0.2, 0.25) is 0 Å². The molecule has 1 aromatic rings. The Hall–Kier alpha value is -0.390. The molecule has 60 valence electrons. The first-order valence-corrected chi connectivity index (χ1v) is 4.67. The van der Waals surface area contributed by atoms with Crippen molar-refractivity contribution in [1.82, 2.24) is 0 Å². The van der Waals surface area contributed by atoms with Gasteiger partial charge in [0.1, 0.15) is 0 Å². The standard InChI is InChI=1S/C6H6BrNO2S/c7-4-1-2-6(11(9)10)5(8)3-4/h1-3H,8H2,(H,9,10). The maximum absolute atomic E-state index is 10.5. The van der Waals surface area contributed by atoms with Crippen molar-refractivity contribution in [2.24, 2.45) is 0 Å². The van der Waals surface area contributed by atoms with Crippen molar-refractivity contribution in [3.63, 3.8) is 0 Å². The van der Waals surface area contributed by atoms with E-state index in [-0.39, 0.29) is 4.90 Å². The number of nitrogens with two attached hydrogens (primary N) is 1. The van der Waals surface area contributed by atoms with Gasteiger partial charge in [-0.2, -0.15) is 0 Å². The molecule has 0 heterocycles. The van der Waals surface area contributed by atoms with Crippen LogP contribution in [0.15, 0.2) is 27.6 Å². The Balaban J connectivity index is 3.20. The monoisotopic (exact) mass is 235 g/mol. The summed E-state index contributed by atoms with van der Waals surface area (Å²) in [6, 6.07) is 4.76. The van der Waals surface area contributed by atoms with Gasteiger partial charge in [0.15, 0.2) is 11.1 Å². The highest BCUT2D eigenvalue weighted by atomic mass is 79.9. The topological polar surface area (TPSA) is 63.3 Å². The number of hydrogen-bond donors (Lipinski definition) is 2. The van der Waals surface area contributed by atoms with Crippen molar-refractivity contribution in [3.8, 4) is 0 Å². The van der Waals surface area contributed by atoms with Crippen LogP contribution < -0.4 is 5.73 Å². The molecule has 1 rings (SSSR count). The van der Waals surface area contributed by atoms with Crippen LogP contribution in [0.1, 0.15) is 0 Å². The highest BCUT2D eigenvalue weighted by Gasteiger charge is 2.03. The molecule has 0 amide bonds. The van der Waals surface area contributed by atoms with Crippen LogP contribution in [0.4, 0.5) is 5.69 Å². The first kappa shape index (κ1) is 8.70. The summed E-state index contributed by atoms with van der Waals surface area (Å²) in [6.07, 6.45) is 0.